The quantitative estimate of drug-likeness (QED) is 0.270. The summed E-state index contributed by atoms with van der Waals surface area (Å²) in [5.74, 6) is 2.49. The maximum atomic E-state index is 9.26. The minimum absolute atomic E-state index is 0. The Labute approximate surface area is 160 Å². The van der Waals surface area contributed by atoms with E-state index in [0.29, 0.717) is 10.5 Å². The zero-order valence-electron chi connectivity index (χ0n) is 14.0. The normalized spacial score (nSPS) is 20.9. The highest BCUT2D eigenvalue weighted by Gasteiger charge is 2.29. The van der Waals surface area contributed by atoms with E-state index in [2.05, 4.69) is 34.3 Å². The van der Waals surface area contributed by atoms with Crippen LogP contribution in [0.2, 0.25) is 0 Å². The molecule has 1 aliphatic rings. The van der Waals surface area contributed by atoms with Gasteiger partial charge in [-0.15, -0.1) is 24.0 Å². The molecule has 2 rings (SSSR count). The third kappa shape index (κ3) is 7.20. The van der Waals surface area contributed by atoms with Crippen molar-refractivity contribution in [2.75, 3.05) is 25.9 Å². The highest BCUT2D eigenvalue weighted by atomic mass is 127. The molecular formula is C17H28IN3OS. The fraction of sp³-hybridized carbons (Fsp3) is 0.588. The number of halogens is 1. The van der Waals surface area contributed by atoms with Gasteiger partial charge in [-0.25, -0.2) is 0 Å². The maximum Gasteiger partial charge on any atom is 0.191 e. The monoisotopic (exact) mass is 449 g/mol. The number of rotatable bonds is 6. The van der Waals surface area contributed by atoms with Gasteiger partial charge in [-0.05, 0) is 56.1 Å². The molecule has 0 amide bonds. The van der Waals surface area contributed by atoms with Crippen molar-refractivity contribution >= 4 is 41.7 Å². The van der Waals surface area contributed by atoms with Crippen molar-refractivity contribution in [2.45, 2.75) is 37.4 Å². The van der Waals surface area contributed by atoms with E-state index in [0.717, 1.165) is 31.9 Å². The first kappa shape index (κ1) is 20.4. The van der Waals surface area contributed by atoms with Crippen LogP contribution in [0.4, 0.5) is 0 Å². The predicted molar refractivity (Wildman–Crippen MR) is 111 cm³/mol. The van der Waals surface area contributed by atoms with Crippen LogP contribution in [0, 0.1) is 0 Å². The summed E-state index contributed by atoms with van der Waals surface area (Å²) in [6.45, 7) is 4.19. The van der Waals surface area contributed by atoms with Gasteiger partial charge in [0.2, 0.25) is 0 Å². The van der Waals surface area contributed by atoms with Crippen molar-refractivity contribution in [1.29, 1.82) is 0 Å². The lowest BCUT2D eigenvalue weighted by molar-refractivity contribution is 0.475. The molecule has 1 atom stereocenters. The number of guanidine groups is 1. The predicted octanol–water partition coefficient (Wildman–Crippen LogP) is 3.39. The first-order valence-corrected chi connectivity index (χ1v) is 8.96. The minimum atomic E-state index is 0. The van der Waals surface area contributed by atoms with Crippen LogP contribution in [-0.2, 0) is 6.42 Å². The number of aromatic hydroxyl groups is 1. The van der Waals surface area contributed by atoms with Crippen molar-refractivity contribution in [3.05, 3.63) is 29.8 Å². The molecule has 0 saturated carbocycles. The molecule has 3 N–H and O–H groups in total. The standard InChI is InChI=1S/C17H27N3OS.HI/c1-17(10-4-12-22-17)13-20-16(18-2)19-11-3-5-14-6-8-15(21)9-7-14;/h6-9,21H,3-5,10-13H2,1-2H3,(H2,18,19,20);1H. The molecule has 1 saturated heterocycles. The van der Waals surface area contributed by atoms with Crippen LogP contribution in [0.5, 0.6) is 5.75 Å². The second-order valence-electron chi connectivity index (χ2n) is 6.02. The Bertz CT molecular complexity index is 487. The lowest BCUT2D eigenvalue weighted by Gasteiger charge is -2.24. The summed E-state index contributed by atoms with van der Waals surface area (Å²) in [5.41, 5.74) is 1.25. The van der Waals surface area contributed by atoms with E-state index < -0.39 is 0 Å². The van der Waals surface area contributed by atoms with E-state index >= 15 is 0 Å². The molecule has 6 heteroatoms. The number of thioether (sulfide) groups is 1. The Morgan fingerprint density at radius 1 is 1.30 bits per heavy atom. The van der Waals surface area contributed by atoms with Crippen LogP contribution in [0.1, 0.15) is 31.7 Å². The molecule has 1 aromatic rings. The maximum absolute atomic E-state index is 9.26. The number of benzene rings is 1. The highest BCUT2D eigenvalue weighted by Crippen LogP contribution is 2.36. The highest BCUT2D eigenvalue weighted by molar-refractivity contribution is 14.0. The Morgan fingerprint density at radius 3 is 2.65 bits per heavy atom. The van der Waals surface area contributed by atoms with Gasteiger partial charge in [-0.2, -0.15) is 11.8 Å². The third-order valence-corrected chi connectivity index (χ3v) is 5.56. The molecular weight excluding hydrogens is 421 g/mol. The first-order chi connectivity index (χ1) is 10.6. The van der Waals surface area contributed by atoms with Crippen LogP contribution >= 0.6 is 35.7 Å². The Morgan fingerprint density at radius 2 is 2.04 bits per heavy atom. The van der Waals surface area contributed by atoms with Gasteiger partial charge in [0.15, 0.2) is 5.96 Å². The van der Waals surface area contributed by atoms with E-state index in [-0.39, 0.29) is 24.0 Å². The van der Waals surface area contributed by atoms with Gasteiger partial charge in [-0.1, -0.05) is 12.1 Å². The molecule has 1 aromatic carbocycles. The summed E-state index contributed by atoms with van der Waals surface area (Å²) < 4.78 is 0.351. The van der Waals surface area contributed by atoms with Gasteiger partial charge in [0.1, 0.15) is 5.75 Å². The second-order valence-corrected chi connectivity index (χ2v) is 7.71. The van der Waals surface area contributed by atoms with Crippen LogP contribution in [-0.4, -0.2) is 41.7 Å². The Hall–Kier alpha value is -0.630. The molecule has 1 aliphatic heterocycles. The average molecular weight is 449 g/mol. The number of nitrogens with zero attached hydrogens (tertiary/aromatic N) is 1. The number of aryl methyl sites for hydroxylation is 1. The molecule has 0 aromatic heterocycles. The molecule has 23 heavy (non-hydrogen) atoms. The van der Waals surface area contributed by atoms with E-state index in [9.17, 15) is 5.11 Å². The molecule has 4 nitrogen and oxygen atoms in total. The summed E-state index contributed by atoms with van der Waals surface area (Å²) in [4.78, 5) is 4.29. The summed E-state index contributed by atoms with van der Waals surface area (Å²) in [7, 11) is 1.82. The van der Waals surface area contributed by atoms with Crippen LogP contribution in [0.15, 0.2) is 29.3 Å². The Balaban J connectivity index is 0.00000264. The number of phenols is 1. The van der Waals surface area contributed by atoms with Crippen molar-refractivity contribution in [3.8, 4) is 5.75 Å². The van der Waals surface area contributed by atoms with E-state index in [4.69, 9.17) is 0 Å². The van der Waals surface area contributed by atoms with Gasteiger partial charge in [-0.3, -0.25) is 4.99 Å². The lowest BCUT2D eigenvalue weighted by Crippen LogP contribution is -2.43. The van der Waals surface area contributed by atoms with Crippen molar-refractivity contribution < 1.29 is 5.11 Å². The molecule has 130 valence electrons. The van der Waals surface area contributed by atoms with Crippen LogP contribution < -0.4 is 10.6 Å². The second kappa shape index (κ2) is 10.3. The van der Waals surface area contributed by atoms with E-state index in [1.807, 2.05) is 19.2 Å². The fourth-order valence-electron chi connectivity index (χ4n) is 2.63. The van der Waals surface area contributed by atoms with E-state index in [1.54, 1.807) is 12.1 Å². The van der Waals surface area contributed by atoms with E-state index in [1.165, 1.54) is 24.2 Å². The zero-order chi connectivity index (χ0) is 15.8. The Kier molecular flexibility index (Phi) is 9.12. The van der Waals surface area contributed by atoms with Crippen molar-refractivity contribution in [1.82, 2.24) is 10.6 Å². The lowest BCUT2D eigenvalue weighted by atomic mass is 10.1. The summed E-state index contributed by atoms with van der Waals surface area (Å²) in [5, 5.41) is 16.1. The number of phenolic OH excluding ortho intramolecular Hbond substituents is 1. The average Bonchev–Trinajstić information content (AvgIpc) is 2.95. The topological polar surface area (TPSA) is 56.7 Å². The first-order valence-electron chi connectivity index (χ1n) is 7.98. The fourth-order valence-corrected chi connectivity index (χ4v) is 3.87. The van der Waals surface area contributed by atoms with Gasteiger partial charge < -0.3 is 15.7 Å². The summed E-state index contributed by atoms with van der Waals surface area (Å²) in [6, 6.07) is 7.42. The van der Waals surface area contributed by atoms with Crippen LogP contribution in [0.3, 0.4) is 0 Å². The van der Waals surface area contributed by atoms with Gasteiger partial charge in [0, 0.05) is 24.9 Å². The SMILES string of the molecule is CN=C(NCCCc1ccc(O)cc1)NCC1(C)CCCS1.I. The molecule has 1 unspecified atom stereocenters. The van der Waals surface area contributed by atoms with Gasteiger partial charge in [0.25, 0.3) is 0 Å². The number of nitrogens with one attached hydrogen (secondary N) is 2. The zero-order valence-corrected chi connectivity index (χ0v) is 17.1. The number of hydrogen-bond donors (Lipinski definition) is 3. The number of hydrogen-bond acceptors (Lipinski definition) is 3. The minimum Gasteiger partial charge on any atom is -0.508 e. The van der Waals surface area contributed by atoms with Crippen molar-refractivity contribution in [2.24, 2.45) is 4.99 Å². The van der Waals surface area contributed by atoms with Crippen LogP contribution in [0.25, 0.3) is 0 Å². The summed E-state index contributed by atoms with van der Waals surface area (Å²) >= 11 is 2.06. The largest absolute Gasteiger partial charge is 0.508 e. The molecule has 0 spiro atoms. The van der Waals surface area contributed by atoms with Gasteiger partial charge in [0.05, 0.1) is 0 Å². The third-order valence-electron chi connectivity index (χ3n) is 4.02. The number of aliphatic imine (C=N–C) groups is 1. The molecule has 0 radical (unpaired) electrons. The van der Waals surface area contributed by atoms with Gasteiger partial charge >= 0.3 is 0 Å². The smallest absolute Gasteiger partial charge is 0.191 e. The summed E-state index contributed by atoms with van der Waals surface area (Å²) in [6.07, 6.45) is 4.64. The molecule has 0 bridgehead atoms. The van der Waals surface area contributed by atoms with Crippen molar-refractivity contribution in [3.63, 3.8) is 0 Å². The molecule has 1 heterocycles. The molecule has 0 aliphatic carbocycles. The molecule has 1 fully saturated rings.